The molecular formula is C56H48N4O18S4. The molecule has 0 radical (unpaired) electrons. The molecule has 0 atom stereocenters. The lowest BCUT2D eigenvalue weighted by Gasteiger charge is -2.16. The van der Waals surface area contributed by atoms with E-state index in [1.54, 1.807) is 30.3 Å². The predicted molar refractivity (Wildman–Crippen MR) is 302 cm³/mol. The molecule has 8 N–H and O–H groups in total. The summed E-state index contributed by atoms with van der Waals surface area (Å²) in [5, 5.41) is 9.22. The Morgan fingerprint density at radius 3 is 1.30 bits per heavy atom. The fraction of sp³-hybridized carbons (Fsp3) is 0.125. The molecule has 0 saturated heterocycles. The Kier molecular flexibility index (Phi) is 17.1. The SMILES string of the molecule is CCc1ccc(C(=O)Nc2ccc(S(=O)(=O)O)c3cc(C)cc(S(=O)(=O)O)c23)cc1NC(=O)c1cccc(CC(=O)Cc2cccc(C(=O)Nc3cc(C(=O)Nc4ccc(S(=O)(=O)O)c5cccc(S(=O)(=O)O)c45)ccc3COC)c2)c1. The van der Waals surface area contributed by atoms with Crippen LogP contribution in [0.1, 0.15) is 76.2 Å². The highest BCUT2D eigenvalue weighted by molar-refractivity contribution is 7.87. The van der Waals surface area contributed by atoms with E-state index in [1.165, 1.54) is 80.8 Å². The summed E-state index contributed by atoms with van der Waals surface area (Å²) in [6.07, 6.45) is 0.147. The minimum atomic E-state index is -5.00. The van der Waals surface area contributed by atoms with Crippen LogP contribution in [-0.4, -0.2) is 88.4 Å². The number of amides is 4. The smallest absolute Gasteiger partial charge is 0.295 e. The van der Waals surface area contributed by atoms with Crippen molar-refractivity contribution in [3.63, 3.8) is 0 Å². The zero-order valence-corrected chi connectivity index (χ0v) is 46.5. The summed E-state index contributed by atoms with van der Waals surface area (Å²) in [5.41, 5.74) is 2.32. The second kappa shape index (κ2) is 23.5. The lowest BCUT2D eigenvalue weighted by Crippen LogP contribution is -2.17. The maximum absolute atomic E-state index is 13.8. The van der Waals surface area contributed by atoms with Crippen LogP contribution in [0.3, 0.4) is 0 Å². The minimum absolute atomic E-state index is 0.0176. The number of fused-ring (bicyclic) bond motifs is 2. The normalized spacial score (nSPS) is 12.0. The fourth-order valence-electron chi connectivity index (χ4n) is 9.18. The Hall–Kier alpha value is -8.57. The number of Topliss-reactive ketones (excluding diaryl/α,β-unsaturated/α-hetero) is 1. The van der Waals surface area contributed by atoms with E-state index < -0.39 is 89.1 Å². The van der Waals surface area contributed by atoms with Crippen molar-refractivity contribution in [1.82, 2.24) is 0 Å². The van der Waals surface area contributed by atoms with Gasteiger partial charge in [-0.15, -0.1) is 0 Å². The molecule has 0 aromatic heterocycles. The number of benzene rings is 8. The first-order valence-corrected chi connectivity index (χ1v) is 30.0. The molecule has 424 valence electrons. The van der Waals surface area contributed by atoms with Crippen LogP contribution in [0.15, 0.2) is 159 Å². The fourth-order valence-corrected chi connectivity index (χ4v) is 12.1. The average molecular weight is 1190 g/mol. The molecule has 0 fully saturated rings. The van der Waals surface area contributed by atoms with E-state index in [0.717, 1.165) is 42.5 Å². The number of hydrogen-bond acceptors (Lipinski definition) is 14. The maximum atomic E-state index is 13.8. The van der Waals surface area contributed by atoms with E-state index in [1.807, 2.05) is 6.92 Å². The van der Waals surface area contributed by atoms with Crippen LogP contribution in [-0.2, 0) is 75.9 Å². The third-order valence-electron chi connectivity index (χ3n) is 12.9. The largest absolute Gasteiger partial charge is 0.380 e. The van der Waals surface area contributed by atoms with Crippen molar-refractivity contribution < 1.29 is 80.6 Å². The van der Waals surface area contributed by atoms with E-state index in [0.29, 0.717) is 28.7 Å². The lowest BCUT2D eigenvalue weighted by molar-refractivity contribution is -0.117. The molecule has 0 aliphatic rings. The van der Waals surface area contributed by atoms with Crippen LogP contribution in [0.5, 0.6) is 0 Å². The van der Waals surface area contributed by atoms with Crippen LogP contribution < -0.4 is 21.3 Å². The van der Waals surface area contributed by atoms with Gasteiger partial charge >= 0.3 is 0 Å². The van der Waals surface area contributed by atoms with E-state index in [-0.39, 0.29) is 92.0 Å². The first kappa shape index (κ1) is 59.5. The summed E-state index contributed by atoms with van der Waals surface area (Å²) in [6.45, 7) is 3.23. The van der Waals surface area contributed by atoms with Gasteiger partial charge in [0, 0.05) is 80.7 Å². The van der Waals surface area contributed by atoms with Gasteiger partial charge in [0.15, 0.2) is 0 Å². The number of methoxy groups -OCH3 is 1. The van der Waals surface area contributed by atoms with Gasteiger partial charge in [0.25, 0.3) is 64.1 Å². The van der Waals surface area contributed by atoms with Crippen LogP contribution >= 0.6 is 0 Å². The maximum Gasteiger partial charge on any atom is 0.295 e. The third-order valence-corrected chi connectivity index (χ3v) is 16.5. The van der Waals surface area contributed by atoms with Crippen molar-refractivity contribution in [3.8, 4) is 0 Å². The number of carbonyl (C=O) groups excluding carboxylic acids is 5. The summed E-state index contributed by atoms with van der Waals surface area (Å²) in [4.78, 5) is 65.8. The monoisotopic (exact) mass is 1190 g/mol. The first-order chi connectivity index (χ1) is 38.5. The van der Waals surface area contributed by atoms with Gasteiger partial charge in [-0.05, 0) is 127 Å². The van der Waals surface area contributed by atoms with E-state index in [9.17, 15) is 75.9 Å². The summed E-state index contributed by atoms with van der Waals surface area (Å²) in [6, 6.07) is 30.7. The van der Waals surface area contributed by atoms with Crippen molar-refractivity contribution in [2.75, 3.05) is 28.4 Å². The summed E-state index contributed by atoms with van der Waals surface area (Å²) in [7, 11) is -18.4. The van der Waals surface area contributed by atoms with Crippen LogP contribution in [0.2, 0.25) is 0 Å². The average Bonchev–Trinajstić information content (AvgIpc) is 3.35. The Bertz CT molecular complexity index is 4470. The van der Waals surface area contributed by atoms with Gasteiger partial charge in [-0.3, -0.25) is 42.2 Å². The van der Waals surface area contributed by atoms with Crippen molar-refractivity contribution >= 4 is 114 Å². The van der Waals surface area contributed by atoms with Gasteiger partial charge in [-0.2, -0.15) is 33.7 Å². The van der Waals surface area contributed by atoms with Crippen molar-refractivity contribution in [2.45, 2.75) is 59.3 Å². The number of carbonyl (C=O) groups is 5. The molecule has 26 heteroatoms. The number of hydrogen-bond donors (Lipinski definition) is 8. The second-order valence-electron chi connectivity index (χ2n) is 18.6. The van der Waals surface area contributed by atoms with Crippen molar-refractivity contribution in [3.05, 3.63) is 190 Å². The number of ketones is 1. The molecule has 8 aromatic rings. The standard InChI is InChI=1S/C56H48N4O18S4/c1-4-34-14-15-37(55(64)58-44-19-21-48(80(69,70)71)42-22-31(2)23-50(52(42)44)82(75,76)77)28-45(34)59-53(62)35-10-5-8-32(24-35)26-40(61)27-33-9-6-11-36(25-33)54(63)60-46-29-38(16-17-39(46)30-78-3)56(65)57-43-18-20-47(79(66,67)68)41-12-7-13-49(51(41)43)81(72,73)74/h5-25,28-29H,4,26-27,30H2,1-3H3,(H,57,65)(H,58,64)(H,59,62)(H,60,63)(H,66,67,68)(H,69,70,71)(H,72,73,74)(H,75,76,77). The molecule has 0 spiro atoms. The van der Waals surface area contributed by atoms with Crippen LogP contribution in [0.4, 0.5) is 22.7 Å². The first-order valence-electron chi connectivity index (χ1n) is 24.3. The topological polar surface area (TPSA) is 360 Å². The van der Waals surface area contributed by atoms with Crippen LogP contribution in [0, 0.1) is 6.92 Å². The van der Waals surface area contributed by atoms with Crippen molar-refractivity contribution in [2.24, 2.45) is 0 Å². The highest BCUT2D eigenvalue weighted by Crippen LogP contribution is 2.38. The zero-order valence-electron chi connectivity index (χ0n) is 43.2. The molecule has 8 rings (SSSR count). The van der Waals surface area contributed by atoms with Crippen LogP contribution in [0.25, 0.3) is 21.5 Å². The molecule has 0 saturated carbocycles. The molecule has 0 aliphatic carbocycles. The molecule has 4 amide bonds. The molecule has 0 heterocycles. The van der Waals surface area contributed by atoms with Crippen molar-refractivity contribution in [1.29, 1.82) is 0 Å². The van der Waals surface area contributed by atoms with Gasteiger partial charge < -0.3 is 26.0 Å². The highest BCUT2D eigenvalue weighted by atomic mass is 32.2. The van der Waals surface area contributed by atoms with Gasteiger partial charge in [-0.25, -0.2) is 0 Å². The number of rotatable bonds is 19. The Balaban J connectivity index is 0.950. The molecular weight excluding hydrogens is 1140 g/mol. The Labute approximate surface area is 469 Å². The van der Waals surface area contributed by atoms with Gasteiger partial charge in [-0.1, -0.05) is 55.5 Å². The number of nitrogens with one attached hydrogen (secondary N) is 4. The highest BCUT2D eigenvalue weighted by Gasteiger charge is 2.27. The summed E-state index contributed by atoms with van der Waals surface area (Å²) in [5.74, 6) is -3.19. The Morgan fingerprint density at radius 2 is 0.841 bits per heavy atom. The molecule has 22 nitrogen and oxygen atoms in total. The summed E-state index contributed by atoms with van der Waals surface area (Å²) < 4.78 is 144. The predicted octanol–water partition coefficient (Wildman–Crippen LogP) is 8.36. The molecule has 0 unspecified atom stereocenters. The molecule has 8 aromatic carbocycles. The van der Waals surface area contributed by atoms with E-state index in [4.69, 9.17) is 4.74 Å². The number of anilines is 4. The van der Waals surface area contributed by atoms with Gasteiger partial charge in [0.05, 0.1) is 18.0 Å². The second-order valence-corrected chi connectivity index (χ2v) is 24.2. The minimum Gasteiger partial charge on any atom is -0.380 e. The zero-order chi connectivity index (χ0) is 59.6. The van der Waals surface area contributed by atoms with Gasteiger partial charge in [0.2, 0.25) is 0 Å². The molecule has 82 heavy (non-hydrogen) atoms. The lowest BCUT2D eigenvalue weighted by atomic mass is 9.99. The van der Waals surface area contributed by atoms with Gasteiger partial charge in [0.1, 0.15) is 25.4 Å². The van der Waals surface area contributed by atoms with E-state index in [2.05, 4.69) is 21.3 Å². The number of ether oxygens (including phenoxy) is 1. The molecule has 0 aliphatic heterocycles. The van der Waals surface area contributed by atoms with E-state index >= 15 is 0 Å². The summed E-state index contributed by atoms with van der Waals surface area (Å²) >= 11 is 0. The molecule has 0 bridgehead atoms. The number of aryl methyl sites for hydroxylation is 2. The third kappa shape index (κ3) is 13.4. The quantitative estimate of drug-likeness (QED) is 0.0352. The Morgan fingerprint density at radius 1 is 0.427 bits per heavy atom.